The van der Waals surface area contributed by atoms with Gasteiger partial charge >= 0.3 is 0 Å². The normalized spacial score (nSPS) is 12.2. The maximum absolute atomic E-state index is 12.3. The Bertz CT molecular complexity index is 1150. The molecule has 1 heterocycles. The van der Waals surface area contributed by atoms with Crippen molar-refractivity contribution in [3.8, 4) is 17.2 Å². The molecule has 3 aromatic rings. The van der Waals surface area contributed by atoms with Crippen molar-refractivity contribution < 1.29 is 19.0 Å². The molecule has 31 heavy (non-hydrogen) atoms. The van der Waals surface area contributed by atoms with Crippen LogP contribution in [0.1, 0.15) is 21.5 Å². The van der Waals surface area contributed by atoms with Gasteiger partial charge in [-0.3, -0.25) is 4.79 Å². The Morgan fingerprint density at radius 2 is 1.84 bits per heavy atom. The number of halogens is 3. The number of ether oxygens (including phenoxy) is 3. The molecule has 0 saturated heterocycles. The summed E-state index contributed by atoms with van der Waals surface area (Å²) in [5.41, 5.74) is 4.73. The number of amides is 1. The lowest BCUT2D eigenvalue weighted by Gasteiger charge is -2.12. The minimum Gasteiger partial charge on any atom is -0.487 e. The van der Waals surface area contributed by atoms with Crippen LogP contribution in [0.2, 0.25) is 5.02 Å². The summed E-state index contributed by atoms with van der Waals surface area (Å²) in [4.78, 5) is 12.3. The van der Waals surface area contributed by atoms with Crippen LogP contribution in [0.25, 0.3) is 0 Å². The van der Waals surface area contributed by atoms with Gasteiger partial charge in [0.15, 0.2) is 11.5 Å². The molecular weight excluding hydrogens is 646 g/mol. The van der Waals surface area contributed by atoms with Gasteiger partial charge in [-0.15, -0.1) is 0 Å². The van der Waals surface area contributed by atoms with E-state index in [1.54, 1.807) is 24.4 Å². The quantitative estimate of drug-likeness (QED) is 0.212. The average molecular weight is 661 g/mol. The summed E-state index contributed by atoms with van der Waals surface area (Å²) in [5.74, 6) is 1.62. The van der Waals surface area contributed by atoms with E-state index in [0.717, 1.165) is 24.0 Å². The van der Waals surface area contributed by atoms with Crippen LogP contribution in [0.4, 0.5) is 0 Å². The first-order valence-electron chi connectivity index (χ1n) is 9.09. The first-order chi connectivity index (χ1) is 15.0. The van der Waals surface area contributed by atoms with Crippen LogP contribution in [-0.4, -0.2) is 18.9 Å². The van der Waals surface area contributed by atoms with Crippen molar-refractivity contribution in [1.82, 2.24) is 5.43 Å². The van der Waals surface area contributed by atoms with E-state index in [9.17, 15) is 4.79 Å². The first kappa shape index (κ1) is 22.2. The zero-order chi connectivity index (χ0) is 21.8. The Labute approximate surface area is 211 Å². The fraction of sp³-hybridized carbons (Fsp3) is 0.0909. The van der Waals surface area contributed by atoms with E-state index < -0.39 is 0 Å². The number of benzene rings is 3. The molecular formula is C22H15ClI2N2O4. The van der Waals surface area contributed by atoms with Crippen molar-refractivity contribution in [1.29, 1.82) is 0 Å². The van der Waals surface area contributed by atoms with Crippen LogP contribution in [-0.2, 0) is 6.61 Å². The third-order valence-electron chi connectivity index (χ3n) is 4.36. The first-order valence-corrected chi connectivity index (χ1v) is 11.6. The molecule has 0 unspecified atom stereocenters. The van der Waals surface area contributed by atoms with Crippen molar-refractivity contribution in [2.24, 2.45) is 5.10 Å². The van der Waals surface area contributed by atoms with Crippen LogP contribution >= 0.6 is 56.8 Å². The third-order valence-corrected chi connectivity index (χ3v) is 6.34. The van der Waals surface area contributed by atoms with Crippen LogP contribution in [0, 0.1) is 7.14 Å². The standard InChI is InChI=1S/C22H15ClI2N2O4/c23-16-4-2-1-3-15(16)11-29-21-17(24)7-13(8-18(21)25)10-26-27-22(28)14-5-6-19-20(9-14)31-12-30-19/h1-10H,11-12H2,(H,27,28)/b26-10-. The van der Waals surface area contributed by atoms with Gasteiger partial charge in [0.2, 0.25) is 6.79 Å². The smallest absolute Gasteiger partial charge is 0.271 e. The van der Waals surface area contributed by atoms with E-state index in [2.05, 4.69) is 55.7 Å². The van der Waals surface area contributed by atoms with Crippen molar-refractivity contribution in [3.63, 3.8) is 0 Å². The second-order valence-electron chi connectivity index (χ2n) is 6.46. The molecule has 0 aromatic heterocycles. The molecule has 1 aliphatic rings. The van der Waals surface area contributed by atoms with Crippen molar-refractivity contribution in [2.45, 2.75) is 6.61 Å². The molecule has 3 aromatic carbocycles. The molecule has 4 rings (SSSR count). The molecule has 9 heteroatoms. The summed E-state index contributed by atoms with van der Waals surface area (Å²) in [5, 5.41) is 4.74. The Morgan fingerprint density at radius 3 is 2.61 bits per heavy atom. The predicted molar refractivity (Wildman–Crippen MR) is 135 cm³/mol. The molecule has 6 nitrogen and oxygen atoms in total. The number of nitrogens with zero attached hydrogens (tertiary/aromatic N) is 1. The molecule has 0 fully saturated rings. The van der Waals surface area contributed by atoms with Gasteiger partial charge in [0, 0.05) is 16.1 Å². The highest BCUT2D eigenvalue weighted by atomic mass is 127. The molecule has 0 saturated carbocycles. The third kappa shape index (κ3) is 5.42. The highest BCUT2D eigenvalue weighted by molar-refractivity contribution is 14.1. The molecule has 0 atom stereocenters. The largest absolute Gasteiger partial charge is 0.487 e. The molecule has 1 aliphatic heterocycles. The van der Waals surface area contributed by atoms with E-state index in [1.165, 1.54) is 0 Å². The Kier molecular flexibility index (Phi) is 7.18. The van der Waals surface area contributed by atoms with Gasteiger partial charge in [0.1, 0.15) is 12.4 Å². The van der Waals surface area contributed by atoms with Crippen molar-refractivity contribution in [2.75, 3.05) is 6.79 Å². The lowest BCUT2D eigenvalue weighted by molar-refractivity contribution is 0.0954. The monoisotopic (exact) mass is 660 g/mol. The minimum atomic E-state index is -0.335. The summed E-state index contributed by atoms with van der Waals surface area (Å²) in [6.07, 6.45) is 1.59. The van der Waals surface area contributed by atoms with Gasteiger partial charge in [-0.05, 0) is 87.1 Å². The fourth-order valence-electron chi connectivity index (χ4n) is 2.83. The number of carbonyl (C=O) groups excluding carboxylic acids is 1. The number of rotatable bonds is 6. The van der Waals surface area contributed by atoms with Crippen LogP contribution < -0.4 is 19.6 Å². The summed E-state index contributed by atoms with van der Waals surface area (Å²) in [6, 6.07) is 16.4. The fourth-order valence-corrected chi connectivity index (χ4v) is 5.14. The van der Waals surface area contributed by atoms with Gasteiger partial charge in [-0.1, -0.05) is 29.8 Å². The molecule has 0 bridgehead atoms. The zero-order valence-corrected chi connectivity index (χ0v) is 21.0. The van der Waals surface area contributed by atoms with Crippen LogP contribution in [0.15, 0.2) is 59.7 Å². The van der Waals surface area contributed by atoms with E-state index >= 15 is 0 Å². The second kappa shape index (κ2) is 10.0. The summed E-state index contributed by atoms with van der Waals surface area (Å²) in [7, 11) is 0. The number of hydrazone groups is 1. The van der Waals surface area contributed by atoms with Gasteiger partial charge in [0.05, 0.1) is 13.4 Å². The van der Waals surface area contributed by atoms with Gasteiger partial charge in [-0.2, -0.15) is 5.10 Å². The van der Waals surface area contributed by atoms with Crippen LogP contribution in [0.5, 0.6) is 17.2 Å². The van der Waals surface area contributed by atoms with E-state index in [0.29, 0.717) is 28.7 Å². The van der Waals surface area contributed by atoms with Gasteiger partial charge in [0.25, 0.3) is 5.91 Å². The van der Waals surface area contributed by atoms with Crippen LogP contribution in [0.3, 0.4) is 0 Å². The van der Waals surface area contributed by atoms with Gasteiger partial charge < -0.3 is 14.2 Å². The van der Waals surface area contributed by atoms with Gasteiger partial charge in [-0.25, -0.2) is 5.43 Å². The number of hydrogen-bond donors (Lipinski definition) is 1. The maximum Gasteiger partial charge on any atom is 0.271 e. The molecule has 0 spiro atoms. The Hall–Kier alpha value is -2.05. The van der Waals surface area contributed by atoms with Crippen molar-refractivity contribution in [3.05, 3.63) is 83.5 Å². The number of nitrogens with one attached hydrogen (secondary N) is 1. The summed E-state index contributed by atoms with van der Waals surface area (Å²) in [6.45, 7) is 0.540. The van der Waals surface area contributed by atoms with E-state index in [4.69, 9.17) is 25.8 Å². The van der Waals surface area contributed by atoms with Crippen molar-refractivity contribution >= 4 is 68.9 Å². The number of fused-ring (bicyclic) bond motifs is 1. The topological polar surface area (TPSA) is 69.2 Å². The maximum atomic E-state index is 12.3. The predicted octanol–water partition coefficient (Wildman–Crippen LogP) is 5.62. The minimum absolute atomic E-state index is 0.161. The lowest BCUT2D eigenvalue weighted by Crippen LogP contribution is -2.17. The summed E-state index contributed by atoms with van der Waals surface area (Å²) >= 11 is 10.6. The molecule has 1 amide bonds. The molecule has 158 valence electrons. The number of carbonyl (C=O) groups is 1. The summed E-state index contributed by atoms with van der Waals surface area (Å²) < 4.78 is 18.4. The zero-order valence-electron chi connectivity index (χ0n) is 15.9. The highest BCUT2D eigenvalue weighted by Crippen LogP contribution is 2.32. The lowest BCUT2D eigenvalue weighted by atomic mass is 10.2. The van der Waals surface area contributed by atoms with E-state index in [1.807, 2.05) is 36.4 Å². The molecule has 0 aliphatic carbocycles. The molecule has 0 radical (unpaired) electrons. The average Bonchev–Trinajstić information content (AvgIpc) is 3.22. The molecule has 1 N–H and O–H groups in total. The number of hydrogen-bond acceptors (Lipinski definition) is 5. The van der Waals surface area contributed by atoms with E-state index in [-0.39, 0.29) is 12.7 Å². The Morgan fingerprint density at radius 1 is 1.10 bits per heavy atom. The Balaban J connectivity index is 1.40. The second-order valence-corrected chi connectivity index (χ2v) is 9.19. The SMILES string of the molecule is O=C(N/N=C\c1cc(I)c(OCc2ccccc2Cl)c(I)c1)c1ccc2c(c1)OCO2. The highest BCUT2D eigenvalue weighted by Gasteiger charge is 2.16.